The number of aryl methyl sites for hydroxylation is 1. The summed E-state index contributed by atoms with van der Waals surface area (Å²) in [5.41, 5.74) is 2.34. The van der Waals surface area contributed by atoms with Crippen molar-refractivity contribution >= 4 is 44.1 Å². The second kappa shape index (κ2) is 7.80. The molecule has 4 aromatic heterocycles. The van der Waals surface area contributed by atoms with Crippen LogP contribution in [0.3, 0.4) is 0 Å². The SMILES string of the molecule is CCOC[S+]([O-])c1sc2nc(-c3nccs3)cc(-c3cnc(C)n3C)c2c1O. The fraction of sp³-hybridized carbons (Fsp3) is 0.278. The summed E-state index contributed by atoms with van der Waals surface area (Å²) in [6, 6.07) is 1.90. The van der Waals surface area contributed by atoms with E-state index >= 15 is 0 Å². The van der Waals surface area contributed by atoms with Crippen LogP contribution in [0, 0.1) is 6.92 Å². The van der Waals surface area contributed by atoms with Crippen LogP contribution in [0.5, 0.6) is 5.75 Å². The molecule has 1 unspecified atom stereocenters. The van der Waals surface area contributed by atoms with Gasteiger partial charge >= 0.3 is 0 Å². The number of thiophene rings is 1. The first-order valence-electron chi connectivity index (χ1n) is 8.52. The van der Waals surface area contributed by atoms with E-state index in [1.807, 2.05) is 36.9 Å². The van der Waals surface area contributed by atoms with Crippen LogP contribution in [0.15, 0.2) is 28.0 Å². The minimum atomic E-state index is -1.46. The lowest BCUT2D eigenvalue weighted by Crippen LogP contribution is -2.08. The first-order chi connectivity index (χ1) is 13.5. The predicted octanol–water partition coefficient (Wildman–Crippen LogP) is 3.94. The molecule has 10 heteroatoms. The predicted molar refractivity (Wildman–Crippen MR) is 112 cm³/mol. The van der Waals surface area contributed by atoms with E-state index in [0.29, 0.717) is 26.7 Å². The lowest BCUT2D eigenvalue weighted by atomic mass is 10.1. The van der Waals surface area contributed by atoms with Gasteiger partial charge in [0.15, 0.2) is 5.75 Å². The zero-order valence-electron chi connectivity index (χ0n) is 15.5. The number of nitrogens with zero attached hydrogens (tertiary/aromatic N) is 4. The van der Waals surface area contributed by atoms with Crippen LogP contribution >= 0.6 is 22.7 Å². The smallest absolute Gasteiger partial charge is 0.253 e. The van der Waals surface area contributed by atoms with Crippen molar-refractivity contribution < 1.29 is 14.4 Å². The van der Waals surface area contributed by atoms with E-state index in [1.54, 1.807) is 12.4 Å². The third-order valence-corrected chi connectivity index (χ3v) is 7.81. The molecular weight excluding hydrogens is 416 g/mol. The molecule has 0 aromatic carbocycles. The van der Waals surface area contributed by atoms with Crippen LogP contribution in [0.25, 0.3) is 32.2 Å². The number of aromatic nitrogens is 4. The lowest BCUT2D eigenvalue weighted by Gasteiger charge is -2.09. The van der Waals surface area contributed by atoms with E-state index in [4.69, 9.17) is 4.74 Å². The van der Waals surface area contributed by atoms with E-state index in [-0.39, 0.29) is 11.7 Å². The molecule has 0 aliphatic rings. The molecule has 1 atom stereocenters. The molecule has 0 saturated heterocycles. The Balaban J connectivity index is 1.96. The Morgan fingerprint density at radius 2 is 2.18 bits per heavy atom. The van der Waals surface area contributed by atoms with E-state index in [0.717, 1.165) is 22.1 Å². The Hall–Kier alpha value is -1.98. The van der Waals surface area contributed by atoms with Gasteiger partial charge < -0.3 is 19.0 Å². The highest BCUT2D eigenvalue weighted by Gasteiger charge is 2.27. The number of fused-ring (bicyclic) bond motifs is 1. The van der Waals surface area contributed by atoms with Gasteiger partial charge in [-0.3, -0.25) is 0 Å². The van der Waals surface area contributed by atoms with Gasteiger partial charge in [0.25, 0.3) is 4.21 Å². The highest BCUT2D eigenvalue weighted by Crippen LogP contribution is 2.45. The molecule has 0 fully saturated rings. The Morgan fingerprint density at radius 1 is 1.36 bits per heavy atom. The van der Waals surface area contributed by atoms with Crippen LogP contribution in [0.4, 0.5) is 0 Å². The largest absolute Gasteiger partial charge is 0.609 e. The summed E-state index contributed by atoms with van der Waals surface area (Å²) in [7, 11) is 1.92. The van der Waals surface area contributed by atoms with Crippen molar-refractivity contribution in [2.45, 2.75) is 18.1 Å². The molecule has 0 aliphatic carbocycles. The molecule has 4 aromatic rings. The highest BCUT2D eigenvalue weighted by atomic mass is 32.2. The van der Waals surface area contributed by atoms with Crippen molar-refractivity contribution in [1.82, 2.24) is 19.5 Å². The van der Waals surface area contributed by atoms with Gasteiger partial charge in [-0.25, -0.2) is 15.0 Å². The molecular formula is C18H18N4O3S3. The van der Waals surface area contributed by atoms with Gasteiger partial charge in [0.05, 0.1) is 17.3 Å². The van der Waals surface area contributed by atoms with Crippen LogP contribution in [-0.2, 0) is 23.0 Å². The fourth-order valence-electron chi connectivity index (χ4n) is 2.84. The van der Waals surface area contributed by atoms with Crippen molar-refractivity contribution in [3.05, 3.63) is 29.7 Å². The Bertz CT molecular complexity index is 1120. The number of hydrogen-bond donors (Lipinski definition) is 1. The molecule has 0 radical (unpaired) electrons. The topological polar surface area (TPSA) is 96.1 Å². The Morgan fingerprint density at radius 3 is 2.82 bits per heavy atom. The van der Waals surface area contributed by atoms with Crippen LogP contribution in [-0.4, -0.2) is 41.7 Å². The van der Waals surface area contributed by atoms with E-state index < -0.39 is 11.2 Å². The summed E-state index contributed by atoms with van der Waals surface area (Å²) >= 11 is 1.25. The Labute approximate surface area is 172 Å². The Kier molecular flexibility index (Phi) is 5.39. The second-order valence-electron chi connectivity index (χ2n) is 6.02. The zero-order valence-corrected chi connectivity index (χ0v) is 18.0. The van der Waals surface area contributed by atoms with Crippen LogP contribution in [0.1, 0.15) is 12.7 Å². The average molecular weight is 435 g/mol. The number of hydrogen-bond acceptors (Lipinski definition) is 8. The van der Waals surface area contributed by atoms with E-state index in [9.17, 15) is 9.66 Å². The molecule has 0 saturated carbocycles. The van der Waals surface area contributed by atoms with Gasteiger partial charge in [-0.15, -0.1) is 11.3 Å². The summed E-state index contributed by atoms with van der Waals surface area (Å²) in [6.45, 7) is 4.22. The normalized spacial score (nSPS) is 12.7. The van der Waals surface area contributed by atoms with Crippen molar-refractivity contribution in [1.29, 1.82) is 0 Å². The zero-order chi connectivity index (χ0) is 19.8. The number of ether oxygens (including phenoxy) is 1. The number of imidazole rings is 1. The van der Waals surface area contributed by atoms with E-state index in [2.05, 4.69) is 15.0 Å². The highest BCUT2D eigenvalue weighted by molar-refractivity contribution is 7.93. The maximum atomic E-state index is 12.6. The maximum absolute atomic E-state index is 12.6. The number of thiazole rings is 1. The third kappa shape index (κ3) is 3.31. The maximum Gasteiger partial charge on any atom is 0.253 e. The standard InChI is InChI=1S/C18H18N4O3S3/c1-4-25-9-28(24)18-15(23)14-11(13-8-20-10(2)22(13)3)7-12(21-17(14)27-18)16-19-5-6-26-16/h5-8,23H,4,9H2,1-3H3. The minimum absolute atomic E-state index is 0.00919. The van der Waals surface area contributed by atoms with Crippen LogP contribution < -0.4 is 0 Å². The molecule has 7 nitrogen and oxygen atoms in total. The quantitative estimate of drug-likeness (QED) is 0.462. The number of rotatable bonds is 6. The molecule has 1 N–H and O–H groups in total. The number of aromatic hydroxyl groups is 1. The molecule has 4 rings (SSSR count). The fourth-order valence-corrected chi connectivity index (χ4v) is 5.76. The number of pyridine rings is 1. The lowest BCUT2D eigenvalue weighted by molar-refractivity contribution is 0.192. The van der Waals surface area contributed by atoms with Gasteiger partial charge in [0.2, 0.25) is 5.94 Å². The summed E-state index contributed by atoms with van der Waals surface area (Å²) in [6.07, 6.45) is 3.50. The summed E-state index contributed by atoms with van der Waals surface area (Å²) in [4.78, 5) is 14.0. The van der Waals surface area contributed by atoms with E-state index in [1.165, 1.54) is 22.7 Å². The monoisotopic (exact) mass is 434 g/mol. The molecule has 146 valence electrons. The molecule has 28 heavy (non-hydrogen) atoms. The summed E-state index contributed by atoms with van der Waals surface area (Å²) in [5, 5.41) is 14.2. The van der Waals surface area contributed by atoms with Gasteiger partial charge in [-0.05, 0) is 19.9 Å². The molecule has 0 spiro atoms. The van der Waals surface area contributed by atoms with Gasteiger partial charge in [-0.1, -0.05) is 11.3 Å². The summed E-state index contributed by atoms with van der Waals surface area (Å²) in [5.74, 6) is 0.881. The van der Waals surface area contributed by atoms with Gasteiger partial charge in [0, 0.05) is 42.0 Å². The van der Waals surface area contributed by atoms with Gasteiger partial charge in [0.1, 0.15) is 21.4 Å². The summed E-state index contributed by atoms with van der Waals surface area (Å²) < 4.78 is 20.2. The first kappa shape index (κ1) is 19.3. The first-order valence-corrected chi connectivity index (χ1v) is 11.5. The van der Waals surface area contributed by atoms with Crippen molar-refractivity contribution in [2.24, 2.45) is 7.05 Å². The molecule has 4 heterocycles. The average Bonchev–Trinajstić information content (AvgIpc) is 3.41. The van der Waals surface area contributed by atoms with Crippen molar-refractivity contribution in [3.63, 3.8) is 0 Å². The third-order valence-electron chi connectivity index (χ3n) is 4.35. The van der Waals surface area contributed by atoms with Crippen molar-refractivity contribution in [3.8, 4) is 27.7 Å². The second-order valence-corrected chi connectivity index (χ2v) is 9.50. The molecule has 0 aliphatic heterocycles. The molecule has 0 bridgehead atoms. The van der Waals surface area contributed by atoms with Crippen molar-refractivity contribution in [2.75, 3.05) is 12.5 Å². The molecule has 0 amide bonds. The van der Waals surface area contributed by atoms with Crippen LogP contribution in [0.2, 0.25) is 0 Å². The minimum Gasteiger partial charge on any atom is -0.609 e. The van der Waals surface area contributed by atoms with Gasteiger partial charge in [-0.2, -0.15) is 0 Å².